The number of carbonyl (C=O) groups excluding carboxylic acids is 1. The second-order valence-corrected chi connectivity index (χ2v) is 6.66. The number of hydrogen-bond donors (Lipinski definition) is 1. The number of carbonyl (C=O) groups is 1. The van der Waals surface area contributed by atoms with Crippen LogP contribution in [0.5, 0.6) is 5.75 Å². The van der Waals surface area contributed by atoms with Crippen LogP contribution in [0.15, 0.2) is 83.7 Å². The second kappa shape index (κ2) is 7.98. The van der Waals surface area contributed by atoms with E-state index in [1.807, 2.05) is 61.5 Å². The first-order valence-corrected chi connectivity index (χ1v) is 9.23. The Bertz CT molecular complexity index is 1220. The van der Waals surface area contributed by atoms with Crippen LogP contribution in [0.25, 0.3) is 22.3 Å². The van der Waals surface area contributed by atoms with Crippen LogP contribution < -0.4 is 20.7 Å². The summed E-state index contributed by atoms with van der Waals surface area (Å²) in [5, 5.41) is 0.479. The molecule has 0 spiro atoms. The van der Waals surface area contributed by atoms with E-state index < -0.39 is 5.91 Å². The minimum atomic E-state index is -0.437. The molecule has 6 nitrogen and oxygen atoms in total. The Morgan fingerprint density at radius 3 is 2.41 bits per heavy atom. The molecule has 0 radical (unpaired) electrons. The van der Waals surface area contributed by atoms with Crippen LogP contribution >= 0.6 is 0 Å². The zero-order chi connectivity index (χ0) is 20.2. The normalized spacial score (nSPS) is 10.7. The lowest BCUT2D eigenvalue weighted by molar-refractivity contribution is -0.337. The smallest absolute Gasteiger partial charge is 0.369 e. The average molecular weight is 386 g/mol. The van der Waals surface area contributed by atoms with Crippen LogP contribution in [0, 0.1) is 6.92 Å². The van der Waals surface area contributed by atoms with Crippen molar-refractivity contribution in [1.29, 1.82) is 0 Å². The molecule has 0 unspecified atom stereocenters. The standard InChI is InChI=1S/C23H19N3O3/c1-16-11-13-17(14-12-16)22-24-20-10-6-5-9-19(20)23(28)26(22)25-21(27)15-29-18-7-3-2-4-8-18/h2-14H,15H2,1H3,(H,25,27)/p+1. The van der Waals surface area contributed by atoms with Gasteiger partial charge in [-0.15, -0.1) is 0 Å². The molecule has 0 aliphatic heterocycles. The monoisotopic (exact) mass is 386 g/mol. The summed E-state index contributed by atoms with van der Waals surface area (Å²) in [4.78, 5) is 28.8. The van der Waals surface area contributed by atoms with E-state index in [0.29, 0.717) is 22.5 Å². The second-order valence-electron chi connectivity index (χ2n) is 6.66. The number of hydrogen-bond acceptors (Lipinski definition) is 3. The fourth-order valence-electron chi connectivity index (χ4n) is 3.03. The predicted molar refractivity (Wildman–Crippen MR) is 111 cm³/mol. The van der Waals surface area contributed by atoms with Crippen molar-refractivity contribution in [2.45, 2.75) is 6.92 Å². The van der Waals surface area contributed by atoms with Crippen molar-refractivity contribution in [3.8, 4) is 17.1 Å². The van der Waals surface area contributed by atoms with Crippen molar-refractivity contribution in [2.75, 3.05) is 12.0 Å². The molecule has 3 aromatic carbocycles. The molecular weight excluding hydrogens is 366 g/mol. The lowest BCUT2D eigenvalue weighted by Crippen LogP contribution is -2.40. The molecule has 0 saturated heterocycles. The molecule has 6 heteroatoms. The highest BCUT2D eigenvalue weighted by molar-refractivity contribution is 5.86. The molecule has 1 heterocycles. The van der Waals surface area contributed by atoms with Gasteiger partial charge in [0.15, 0.2) is 6.61 Å². The molecule has 29 heavy (non-hydrogen) atoms. The highest BCUT2D eigenvalue weighted by Crippen LogP contribution is 2.16. The van der Waals surface area contributed by atoms with Crippen molar-refractivity contribution < 1.29 is 14.5 Å². The van der Waals surface area contributed by atoms with Crippen LogP contribution in [0.1, 0.15) is 5.56 Å². The summed E-state index contributed by atoms with van der Waals surface area (Å²) in [5.74, 6) is 0.633. The third kappa shape index (κ3) is 4.01. The molecule has 0 atom stereocenters. The number of nitrogens with one attached hydrogen (secondary N) is 2. The number of ether oxygens (including phenoxy) is 1. The van der Waals surface area contributed by atoms with E-state index >= 15 is 0 Å². The zero-order valence-electron chi connectivity index (χ0n) is 15.9. The lowest BCUT2D eigenvalue weighted by Gasteiger charge is -2.09. The Morgan fingerprint density at radius 1 is 0.966 bits per heavy atom. The highest BCUT2D eigenvalue weighted by Gasteiger charge is 2.22. The average Bonchev–Trinajstić information content (AvgIpc) is 2.75. The summed E-state index contributed by atoms with van der Waals surface area (Å²) in [6.45, 7) is 1.78. The summed E-state index contributed by atoms with van der Waals surface area (Å²) < 4.78 is 6.73. The molecule has 0 aliphatic carbocycles. The fraction of sp³-hybridized carbons (Fsp3) is 0.0870. The van der Waals surface area contributed by atoms with Crippen LogP contribution in [-0.4, -0.2) is 17.2 Å². The Balaban J connectivity index is 1.70. The zero-order valence-corrected chi connectivity index (χ0v) is 15.9. The van der Waals surface area contributed by atoms with Crippen molar-refractivity contribution in [3.05, 3.63) is 94.8 Å². The molecule has 0 bridgehead atoms. The predicted octanol–water partition coefficient (Wildman–Crippen LogP) is 2.94. The maximum absolute atomic E-state index is 13.1. The van der Waals surface area contributed by atoms with E-state index in [4.69, 9.17) is 4.74 Å². The van der Waals surface area contributed by atoms with Gasteiger partial charge in [0.2, 0.25) is 0 Å². The van der Waals surface area contributed by atoms with Gasteiger partial charge in [-0.25, -0.2) is 9.78 Å². The Morgan fingerprint density at radius 2 is 1.66 bits per heavy atom. The SMILES string of the molecule is Cc1ccc(-c2[nH+]c3ccccc3c(=O)n2NC(=O)COc2ccccc2)cc1. The fourth-order valence-corrected chi connectivity index (χ4v) is 3.03. The molecule has 0 fully saturated rings. The van der Waals surface area contributed by atoms with Gasteiger partial charge in [0.25, 0.3) is 5.91 Å². The van der Waals surface area contributed by atoms with E-state index in [9.17, 15) is 9.59 Å². The number of aryl methyl sites for hydroxylation is 1. The van der Waals surface area contributed by atoms with E-state index in [-0.39, 0.29) is 12.2 Å². The van der Waals surface area contributed by atoms with Gasteiger partial charge in [-0.2, -0.15) is 5.43 Å². The molecular formula is C23H20N3O3+. The third-order valence-corrected chi connectivity index (χ3v) is 4.51. The van der Waals surface area contributed by atoms with Gasteiger partial charge in [0.05, 0.1) is 5.56 Å². The summed E-state index contributed by atoms with van der Waals surface area (Å²) >= 11 is 0. The third-order valence-electron chi connectivity index (χ3n) is 4.51. The van der Waals surface area contributed by atoms with Gasteiger partial charge in [0.1, 0.15) is 16.7 Å². The molecule has 144 valence electrons. The first-order valence-electron chi connectivity index (χ1n) is 9.23. The number of aromatic amines is 1. The number of rotatable bonds is 5. The summed E-state index contributed by atoms with van der Waals surface area (Å²) in [5.41, 5.74) is 4.92. The Hall–Kier alpha value is -3.93. The quantitative estimate of drug-likeness (QED) is 0.573. The van der Waals surface area contributed by atoms with E-state index in [1.165, 1.54) is 4.68 Å². The van der Waals surface area contributed by atoms with Gasteiger partial charge in [-0.3, -0.25) is 4.79 Å². The van der Waals surface area contributed by atoms with E-state index in [2.05, 4.69) is 10.4 Å². The van der Waals surface area contributed by atoms with Crippen LogP contribution in [0.2, 0.25) is 0 Å². The highest BCUT2D eigenvalue weighted by atomic mass is 16.5. The molecule has 2 N–H and O–H groups in total. The molecule has 4 aromatic rings. The largest absolute Gasteiger partial charge is 0.484 e. The Labute approximate surface area is 167 Å². The topological polar surface area (TPSA) is 74.5 Å². The van der Waals surface area contributed by atoms with Crippen LogP contribution in [0.3, 0.4) is 0 Å². The minimum absolute atomic E-state index is 0.212. The number of para-hydroxylation sites is 2. The first-order chi connectivity index (χ1) is 14.1. The summed E-state index contributed by atoms with van der Waals surface area (Å²) in [6, 6.07) is 23.9. The first kappa shape index (κ1) is 18.4. The van der Waals surface area contributed by atoms with E-state index in [0.717, 1.165) is 11.1 Å². The van der Waals surface area contributed by atoms with Gasteiger partial charge in [-0.1, -0.05) is 52.7 Å². The van der Waals surface area contributed by atoms with Crippen LogP contribution in [0.4, 0.5) is 0 Å². The molecule has 0 aliphatic rings. The van der Waals surface area contributed by atoms with Gasteiger partial charge < -0.3 is 4.74 Å². The van der Waals surface area contributed by atoms with Crippen molar-refractivity contribution in [2.24, 2.45) is 0 Å². The minimum Gasteiger partial charge on any atom is -0.484 e. The van der Waals surface area contributed by atoms with Crippen molar-refractivity contribution in [1.82, 2.24) is 4.68 Å². The van der Waals surface area contributed by atoms with Crippen LogP contribution in [-0.2, 0) is 4.79 Å². The summed E-state index contributed by atoms with van der Waals surface area (Å²) in [6.07, 6.45) is 0. The van der Waals surface area contributed by atoms with E-state index in [1.54, 1.807) is 24.3 Å². The molecule has 0 saturated carbocycles. The van der Waals surface area contributed by atoms with Gasteiger partial charge in [0, 0.05) is 0 Å². The number of amides is 1. The lowest BCUT2D eigenvalue weighted by atomic mass is 10.1. The maximum atomic E-state index is 13.1. The summed E-state index contributed by atoms with van der Waals surface area (Å²) in [7, 11) is 0. The Kier molecular flexibility index (Phi) is 5.07. The van der Waals surface area contributed by atoms with Gasteiger partial charge in [-0.05, 0) is 43.3 Å². The van der Waals surface area contributed by atoms with Crippen molar-refractivity contribution in [3.63, 3.8) is 0 Å². The number of aromatic nitrogens is 2. The number of benzene rings is 3. The van der Waals surface area contributed by atoms with Gasteiger partial charge >= 0.3 is 11.4 Å². The molecule has 1 aromatic heterocycles. The number of H-pyrrole nitrogens is 1. The van der Waals surface area contributed by atoms with Crippen molar-refractivity contribution >= 4 is 16.8 Å². The number of fused-ring (bicyclic) bond motifs is 1. The number of nitrogens with zero attached hydrogens (tertiary/aromatic N) is 1. The molecule has 4 rings (SSSR count). The molecule has 1 amide bonds. The maximum Gasteiger partial charge on any atom is 0.369 e.